The Labute approximate surface area is 138 Å². The van der Waals surface area contributed by atoms with Crippen LogP contribution in [0.5, 0.6) is 0 Å². The molecule has 0 saturated carbocycles. The molecule has 0 amide bonds. The molecule has 0 saturated heterocycles. The molecule has 0 aliphatic heterocycles. The number of hydrogen-bond acceptors (Lipinski definition) is 4. The average molecular weight is 327 g/mol. The summed E-state index contributed by atoms with van der Waals surface area (Å²) in [4.78, 5) is 12.6. The quantitative estimate of drug-likeness (QED) is 0.723. The third-order valence-electron chi connectivity index (χ3n) is 3.53. The number of carbonyl (C=O) groups is 1. The van der Waals surface area contributed by atoms with E-state index < -0.39 is 0 Å². The second kappa shape index (κ2) is 5.78. The van der Waals surface area contributed by atoms with E-state index in [1.165, 1.54) is 4.68 Å². The van der Waals surface area contributed by atoms with Crippen molar-refractivity contribution in [1.82, 2.24) is 9.78 Å². The number of carbonyl (C=O) groups excluding carboxylic acids is 1. The Kier molecular flexibility index (Phi) is 3.80. The molecular formula is C17H15ClN4O. The zero-order valence-corrected chi connectivity index (χ0v) is 13.2. The molecule has 4 N–H and O–H groups in total. The van der Waals surface area contributed by atoms with Crippen LogP contribution >= 0.6 is 11.6 Å². The Balaban J connectivity index is 2.06. The van der Waals surface area contributed by atoms with Gasteiger partial charge in [-0.1, -0.05) is 35.4 Å². The van der Waals surface area contributed by atoms with Crippen LogP contribution in [-0.4, -0.2) is 15.6 Å². The van der Waals surface area contributed by atoms with Gasteiger partial charge in [0.1, 0.15) is 5.69 Å². The summed E-state index contributed by atoms with van der Waals surface area (Å²) in [6, 6.07) is 14.2. The number of nitrogen functional groups attached to an aromatic ring is 2. The molecule has 0 unspecified atom stereocenters. The van der Waals surface area contributed by atoms with Crippen molar-refractivity contribution in [3.05, 3.63) is 70.4 Å². The molecule has 2 aromatic carbocycles. The van der Waals surface area contributed by atoms with Gasteiger partial charge in [-0.3, -0.25) is 4.79 Å². The van der Waals surface area contributed by atoms with E-state index in [9.17, 15) is 4.79 Å². The summed E-state index contributed by atoms with van der Waals surface area (Å²) in [7, 11) is 0. The van der Waals surface area contributed by atoms with Gasteiger partial charge in [0.25, 0.3) is 0 Å². The molecule has 0 atom stereocenters. The van der Waals surface area contributed by atoms with Crippen molar-refractivity contribution >= 4 is 28.9 Å². The SMILES string of the molecule is Cc1cccc(C(=O)c2nn(-c3ccc(Cl)cc3)c(N)c2N)c1. The number of nitrogens with zero attached hydrogens (tertiary/aromatic N) is 2. The van der Waals surface area contributed by atoms with Gasteiger partial charge in [-0.2, -0.15) is 5.10 Å². The summed E-state index contributed by atoms with van der Waals surface area (Å²) in [6.45, 7) is 1.92. The first kappa shape index (κ1) is 15.1. The Morgan fingerprint density at radius 2 is 1.83 bits per heavy atom. The van der Waals surface area contributed by atoms with Crippen LogP contribution in [-0.2, 0) is 0 Å². The number of ketones is 1. The molecule has 0 bridgehead atoms. The fourth-order valence-electron chi connectivity index (χ4n) is 2.31. The molecule has 0 fully saturated rings. The van der Waals surface area contributed by atoms with E-state index in [1.807, 2.05) is 19.1 Å². The van der Waals surface area contributed by atoms with Gasteiger partial charge in [0.2, 0.25) is 5.78 Å². The predicted molar refractivity (Wildman–Crippen MR) is 92.0 cm³/mol. The zero-order valence-electron chi connectivity index (χ0n) is 12.5. The van der Waals surface area contributed by atoms with Gasteiger partial charge in [-0.25, -0.2) is 4.68 Å². The van der Waals surface area contributed by atoms with Gasteiger partial charge in [0.05, 0.1) is 5.69 Å². The molecule has 0 radical (unpaired) electrons. The van der Waals surface area contributed by atoms with Crippen LogP contribution in [0.15, 0.2) is 48.5 Å². The summed E-state index contributed by atoms with van der Waals surface area (Å²) < 4.78 is 1.44. The normalized spacial score (nSPS) is 10.7. The molecule has 0 aliphatic carbocycles. The molecule has 116 valence electrons. The van der Waals surface area contributed by atoms with Crippen molar-refractivity contribution in [3.8, 4) is 5.69 Å². The number of halogens is 1. The van der Waals surface area contributed by atoms with Gasteiger partial charge in [-0.15, -0.1) is 0 Å². The van der Waals surface area contributed by atoms with Crippen molar-refractivity contribution in [2.45, 2.75) is 6.92 Å². The van der Waals surface area contributed by atoms with Crippen molar-refractivity contribution < 1.29 is 4.79 Å². The smallest absolute Gasteiger partial charge is 0.215 e. The Morgan fingerprint density at radius 1 is 1.13 bits per heavy atom. The average Bonchev–Trinajstić information content (AvgIpc) is 2.84. The lowest BCUT2D eigenvalue weighted by atomic mass is 10.1. The van der Waals surface area contributed by atoms with E-state index in [0.29, 0.717) is 16.3 Å². The lowest BCUT2D eigenvalue weighted by Crippen LogP contribution is -2.06. The number of aromatic nitrogens is 2. The number of hydrogen-bond donors (Lipinski definition) is 2. The third-order valence-corrected chi connectivity index (χ3v) is 3.78. The van der Waals surface area contributed by atoms with E-state index >= 15 is 0 Å². The zero-order chi connectivity index (χ0) is 16.6. The molecule has 1 aromatic heterocycles. The van der Waals surface area contributed by atoms with Gasteiger partial charge in [0.15, 0.2) is 11.5 Å². The Hall–Kier alpha value is -2.79. The Morgan fingerprint density at radius 3 is 2.48 bits per heavy atom. The molecule has 0 aliphatic rings. The maximum atomic E-state index is 12.6. The predicted octanol–water partition coefficient (Wildman–Crippen LogP) is 3.23. The Bertz CT molecular complexity index is 884. The standard InChI is InChI=1S/C17H15ClN4O/c1-10-3-2-4-11(9-10)16(23)15-14(19)17(20)22(21-15)13-7-5-12(18)6-8-13/h2-9H,19-20H2,1H3. The van der Waals surface area contributed by atoms with Crippen LogP contribution in [0.1, 0.15) is 21.6 Å². The number of aryl methyl sites for hydroxylation is 1. The maximum Gasteiger partial charge on any atom is 0.215 e. The number of anilines is 2. The van der Waals surface area contributed by atoms with E-state index in [0.717, 1.165) is 5.56 Å². The second-order valence-corrected chi connectivity index (χ2v) is 5.67. The lowest BCUT2D eigenvalue weighted by Gasteiger charge is -2.03. The molecule has 3 aromatic rings. The third kappa shape index (κ3) is 2.78. The highest BCUT2D eigenvalue weighted by atomic mass is 35.5. The van der Waals surface area contributed by atoms with Crippen LogP contribution in [0.2, 0.25) is 5.02 Å². The van der Waals surface area contributed by atoms with E-state index in [4.69, 9.17) is 23.1 Å². The van der Waals surface area contributed by atoms with Crippen LogP contribution < -0.4 is 11.5 Å². The molecule has 0 spiro atoms. The topological polar surface area (TPSA) is 86.9 Å². The van der Waals surface area contributed by atoms with Crippen LogP contribution in [0, 0.1) is 6.92 Å². The van der Waals surface area contributed by atoms with Crippen molar-refractivity contribution in [1.29, 1.82) is 0 Å². The number of rotatable bonds is 3. The van der Waals surface area contributed by atoms with E-state index in [2.05, 4.69) is 5.10 Å². The minimum Gasteiger partial charge on any atom is -0.394 e. The van der Waals surface area contributed by atoms with Crippen LogP contribution in [0.3, 0.4) is 0 Å². The van der Waals surface area contributed by atoms with Gasteiger partial charge in [0, 0.05) is 10.6 Å². The van der Waals surface area contributed by atoms with Gasteiger partial charge in [-0.05, 0) is 37.3 Å². The van der Waals surface area contributed by atoms with Crippen LogP contribution in [0.4, 0.5) is 11.5 Å². The number of benzene rings is 2. The van der Waals surface area contributed by atoms with E-state index in [-0.39, 0.29) is 23.0 Å². The van der Waals surface area contributed by atoms with Gasteiger partial charge < -0.3 is 11.5 Å². The minimum atomic E-state index is -0.259. The molecule has 5 nitrogen and oxygen atoms in total. The number of nitrogens with two attached hydrogens (primary N) is 2. The van der Waals surface area contributed by atoms with Crippen molar-refractivity contribution in [2.75, 3.05) is 11.5 Å². The molecule has 23 heavy (non-hydrogen) atoms. The summed E-state index contributed by atoms with van der Waals surface area (Å²) in [6.07, 6.45) is 0. The minimum absolute atomic E-state index is 0.142. The molecule has 1 heterocycles. The van der Waals surface area contributed by atoms with Crippen molar-refractivity contribution in [3.63, 3.8) is 0 Å². The molecule has 3 rings (SSSR count). The highest BCUT2D eigenvalue weighted by Gasteiger charge is 2.21. The van der Waals surface area contributed by atoms with Gasteiger partial charge >= 0.3 is 0 Å². The highest BCUT2D eigenvalue weighted by molar-refractivity contribution is 6.30. The maximum absolute atomic E-state index is 12.6. The summed E-state index contributed by atoms with van der Waals surface area (Å²) in [5, 5.41) is 4.89. The molecule has 6 heteroatoms. The summed E-state index contributed by atoms with van der Waals surface area (Å²) in [5.74, 6) is -0.0334. The lowest BCUT2D eigenvalue weighted by molar-refractivity contribution is 0.103. The first-order valence-corrected chi connectivity index (χ1v) is 7.36. The fraction of sp³-hybridized carbons (Fsp3) is 0.0588. The van der Waals surface area contributed by atoms with E-state index in [1.54, 1.807) is 36.4 Å². The fourth-order valence-corrected chi connectivity index (χ4v) is 2.44. The van der Waals surface area contributed by atoms with Crippen LogP contribution in [0.25, 0.3) is 5.69 Å². The first-order chi connectivity index (χ1) is 11.0. The van der Waals surface area contributed by atoms with Crippen molar-refractivity contribution in [2.24, 2.45) is 0 Å². The highest BCUT2D eigenvalue weighted by Crippen LogP contribution is 2.26. The second-order valence-electron chi connectivity index (χ2n) is 5.23. The summed E-state index contributed by atoms with van der Waals surface area (Å²) >= 11 is 5.88. The summed E-state index contributed by atoms with van der Waals surface area (Å²) in [5.41, 5.74) is 14.5. The first-order valence-electron chi connectivity index (χ1n) is 6.98. The molecular weight excluding hydrogens is 312 g/mol. The monoisotopic (exact) mass is 326 g/mol. The largest absolute Gasteiger partial charge is 0.394 e.